The normalized spacial score (nSPS) is 15.4. The fourth-order valence-corrected chi connectivity index (χ4v) is 4.68. The predicted octanol–water partition coefficient (Wildman–Crippen LogP) is 2.07. The average Bonchev–Trinajstić information content (AvgIpc) is 3.49. The summed E-state index contributed by atoms with van der Waals surface area (Å²) in [5, 5.41) is 7.40. The van der Waals surface area contributed by atoms with Gasteiger partial charge in [0, 0.05) is 70.3 Å². The van der Waals surface area contributed by atoms with Crippen LogP contribution in [0.4, 0.5) is 0 Å². The van der Waals surface area contributed by atoms with Crippen LogP contribution in [0.15, 0.2) is 30.3 Å². The summed E-state index contributed by atoms with van der Waals surface area (Å²) in [6, 6.07) is 10.2. The summed E-state index contributed by atoms with van der Waals surface area (Å²) in [6.45, 7) is 3.12. The molecule has 3 heterocycles. The van der Waals surface area contributed by atoms with Gasteiger partial charge in [0.25, 0.3) is 5.91 Å². The van der Waals surface area contributed by atoms with Gasteiger partial charge in [0.1, 0.15) is 0 Å². The van der Waals surface area contributed by atoms with Crippen LogP contribution in [0.1, 0.15) is 59.4 Å². The molecule has 1 aromatic carbocycles. The van der Waals surface area contributed by atoms with Crippen molar-refractivity contribution in [1.82, 2.24) is 24.9 Å². The molecule has 176 valence electrons. The summed E-state index contributed by atoms with van der Waals surface area (Å²) < 4.78 is 1.78. The molecular weight excluding hydrogens is 418 g/mol. The van der Waals surface area contributed by atoms with Gasteiger partial charge < -0.3 is 15.1 Å². The molecule has 8 heteroatoms. The highest BCUT2D eigenvalue weighted by Crippen LogP contribution is 2.25. The summed E-state index contributed by atoms with van der Waals surface area (Å²) in [5.41, 5.74) is 3.62. The third kappa shape index (κ3) is 5.61. The quantitative estimate of drug-likeness (QED) is 0.623. The number of benzene rings is 1. The fourth-order valence-electron chi connectivity index (χ4n) is 4.68. The molecule has 4 rings (SSSR count). The number of rotatable bonds is 8. The lowest BCUT2D eigenvalue weighted by Gasteiger charge is -2.28. The van der Waals surface area contributed by atoms with E-state index in [4.69, 9.17) is 0 Å². The van der Waals surface area contributed by atoms with E-state index < -0.39 is 0 Å². The van der Waals surface area contributed by atoms with Gasteiger partial charge in [-0.25, -0.2) is 0 Å². The van der Waals surface area contributed by atoms with Crippen LogP contribution >= 0.6 is 0 Å². The van der Waals surface area contributed by atoms with Crippen LogP contribution in [-0.4, -0.2) is 63.5 Å². The minimum Gasteiger partial charge on any atom is -0.356 e. The fraction of sp³-hybridized carbons (Fsp3) is 0.520. The third-order valence-corrected chi connectivity index (χ3v) is 6.56. The van der Waals surface area contributed by atoms with E-state index in [-0.39, 0.29) is 30.6 Å². The number of carbonyl (C=O) groups is 3. The first-order valence-electron chi connectivity index (χ1n) is 12.0. The molecule has 0 atom stereocenters. The van der Waals surface area contributed by atoms with E-state index in [2.05, 4.69) is 22.5 Å². The van der Waals surface area contributed by atoms with Crippen molar-refractivity contribution in [2.45, 2.75) is 51.5 Å². The minimum absolute atomic E-state index is 0.0338. The summed E-state index contributed by atoms with van der Waals surface area (Å²) in [7, 11) is 1.86. The van der Waals surface area contributed by atoms with E-state index in [1.807, 2.05) is 30.1 Å². The van der Waals surface area contributed by atoms with Gasteiger partial charge >= 0.3 is 0 Å². The first kappa shape index (κ1) is 23.0. The summed E-state index contributed by atoms with van der Waals surface area (Å²) >= 11 is 0. The number of aryl methyl sites for hydroxylation is 2. The lowest BCUT2D eigenvalue weighted by Crippen LogP contribution is -2.38. The lowest BCUT2D eigenvalue weighted by atomic mass is 10.0. The van der Waals surface area contributed by atoms with Gasteiger partial charge in [0.05, 0.1) is 0 Å². The van der Waals surface area contributed by atoms with E-state index in [1.165, 1.54) is 5.56 Å². The standard InChI is InChI=1S/C25H33N5O3/c1-28-21-13-17-30(18-20(21)24(27-28)25(33)29-15-5-6-16-29)23(32)12-11-22(31)26-14-7-10-19-8-3-2-4-9-19/h2-4,8-9H,5-7,10-18H2,1H3,(H,26,31). The number of amides is 3. The average molecular weight is 452 g/mol. The maximum Gasteiger partial charge on any atom is 0.274 e. The third-order valence-electron chi connectivity index (χ3n) is 6.56. The van der Waals surface area contributed by atoms with Crippen molar-refractivity contribution in [3.8, 4) is 0 Å². The number of hydrogen-bond acceptors (Lipinski definition) is 4. The highest BCUT2D eigenvalue weighted by molar-refractivity contribution is 5.94. The Morgan fingerprint density at radius 2 is 1.76 bits per heavy atom. The van der Waals surface area contributed by atoms with Crippen molar-refractivity contribution in [3.05, 3.63) is 52.8 Å². The SMILES string of the molecule is Cn1nc(C(=O)N2CCCC2)c2c1CCN(C(=O)CCC(=O)NCCCc1ccccc1)C2. The van der Waals surface area contributed by atoms with Crippen molar-refractivity contribution in [2.24, 2.45) is 7.05 Å². The van der Waals surface area contributed by atoms with Crippen LogP contribution in [0.2, 0.25) is 0 Å². The molecule has 1 aromatic heterocycles. The Morgan fingerprint density at radius 3 is 2.52 bits per heavy atom. The molecule has 1 saturated heterocycles. The maximum atomic E-state index is 12.9. The Morgan fingerprint density at radius 1 is 1.00 bits per heavy atom. The van der Waals surface area contributed by atoms with Crippen molar-refractivity contribution < 1.29 is 14.4 Å². The number of nitrogens with one attached hydrogen (secondary N) is 1. The zero-order valence-corrected chi connectivity index (χ0v) is 19.4. The second-order valence-electron chi connectivity index (χ2n) is 8.90. The number of carbonyl (C=O) groups excluding carboxylic acids is 3. The number of likely N-dealkylation sites (tertiary alicyclic amines) is 1. The lowest BCUT2D eigenvalue weighted by molar-refractivity contribution is -0.134. The topological polar surface area (TPSA) is 87.5 Å². The molecule has 1 N–H and O–H groups in total. The molecule has 0 radical (unpaired) electrons. The molecule has 0 spiro atoms. The highest BCUT2D eigenvalue weighted by Gasteiger charge is 2.31. The molecule has 3 amide bonds. The minimum atomic E-state index is -0.0969. The zero-order chi connectivity index (χ0) is 23.2. The van der Waals surface area contributed by atoms with E-state index >= 15 is 0 Å². The van der Waals surface area contributed by atoms with Gasteiger partial charge in [-0.15, -0.1) is 0 Å². The zero-order valence-electron chi connectivity index (χ0n) is 19.4. The molecule has 8 nitrogen and oxygen atoms in total. The number of hydrogen-bond donors (Lipinski definition) is 1. The second-order valence-corrected chi connectivity index (χ2v) is 8.90. The molecule has 0 bridgehead atoms. The Balaban J connectivity index is 1.25. The Labute approximate surface area is 194 Å². The van der Waals surface area contributed by atoms with Crippen molar-refractivity contribution in [1.29, 1.82) is 0 Å². The number of aromatic nitrogens is 2. The number of nitrogens with zero attached hydrogens (tertiary/aromatic N) is 4. The molecule has 2 aliphatic heterocycles. The summed E-state index contributed by atoms with van der Waals surface area (Å²) in [4.78, 5) is 41.5. The Hall–Kier alpha value is -3.16. The first-order valence-corrected chi connectivity index (χ1v) is 12.0. The molecule has 2 aromatic rings. The van der Waals surface area contributed by atoms with Crippen LogP contribution in [-0.2, 0) is 36.0 Å². The monoisotopic (exact) mass is 451 g/mol. The van der Waals surface area contributed by atoms with Gasteiger partial charge in [-0.2, -0.15) is 5.10 Å². The molecule has 2 aliphatic rings. The molecule has 0 unspecified atom stereocenters. The molecule has 0 aliphatic carbocycles. The summed E-state index contributed by atoms with van der Waals surface area (Å²) in [5.74, 6) is -0.183. The van der Waals surface area contributed by atoms with E-state index in [0.29, 0.717) is 31.7 Å². The van der Waals surface area contributed by atoms with Gasteiger partial charge in [0.15, 0.2) is 5.69 Å². The summed E-state index contributed by atoms with van der Waals surface area (Å²) in [6.07, 6.45) is 4.87. The number of fused-ring (bicyclic) bond motifs is 1. The van der Waals surface area contributed by atoms with E-state index in [1.54, 1.807) is 9.58 Å². The van der Waals surface area contributed by atoms with Gasteiger partial charge in [0.2, 0.25) is 11.8 Å². The van der Waals surface area contributed by atoms with Gasteiger partial charge in [-0.05, 0) is 31.2 Å². The van der Waals surface area contributed by atoms with Gasteiger partial charge in [-0.1, -0.05) is 30.3 Å². The van der Waals surface area contributed by atoms with Crippen molar-refractivity contribution in [2.75, 3.05) is 26.2 Å². The van der Waals surface area contributed by atoms with E-state index in [9.17, 15) is 14.4 Å². The van der Waals surface area contributed by atoms with Gasteiger partial charge in [-0.3, -0.25) is 19.1 Å². The Kier molecular flexibility index (Phi) is 7.42. The molecule has 1 fully saturated rings. The Bertz CT molecular complexity index is 995. The largest absolute Gasteiger partial charge is 0.356 e. The maximum absolute atomic E-state index is 12.9. The van der Waals surface area contributed by atoms with Crippen molar-refractivity contribution >= 4 is 17.7 Å². The van der Waals surface area contributed by atoms with Crippen LogP contribution in [0, 0.1) is 0 Å². The van der Waals surface area contributed by atoms with Crippen LogP contribution in [0.5, 0.6) is 0 Å². The molecule has 33 heavy (non-hydrogen) atoms. The molecular formula is C25H33N5O3. The van der Waals surface area contributed by atoms with Crippen LogP contribution in [0.3, 0.4) is 0 Å². The highest BCUT2D eigenvalue weighted by atomic mass is 16.2. The van der Waals surface area contributed by atoms with Crippen LogP contribution in [0.25, 0.3) is 0 Å². The van der Waals surface area contributed by atoms with Crippen LogP contribution < -0.4 is 5.32 Å². The van der Waals surface area contributed by atoms with E-state index in [0.717, 1.165) is 50.0 Å². The smallest absolute Gasteiger partial charge is 0.274 e. The first-order chi connectivity index (χ1) is 16.0. The van der Waals surface area contributed by atoms with Crippen molar-refractivity contribution in [3.63, 3.8) is 0 Å². The molecule has 0 saturated carbocycles. The second kappa shape index (κ2) is 10.6. The predicted molar refractivity (Wildman–Crippen MR) is 124 cm³/mol.